The zero-order valence-electron chi connectivity index (χ0n) is 10.1. The van der Waals surface area contributed by atoms with Crippen molar-refractivity contribution < 1.29 is 4.79 Å². The summed E-state index contributed by atoms with van der Waals surface area (Å²) in [6, 6.07) is 8.11. The van der Waals surface area contributed by atoms with Gasteiger partial charge in [-0.25, -0.2) is 0 Å². The van der Waals surface area contributed by atoms with E-state index >= 15 is 0 Å². The average Bonchev–Trinajstić information content (AvgIpc) is 2.32. The third-order valence-corrected chi connectivity index (χ3v) is 3.24. The van der Waals surface area contributed by atoms with Crippen LogP contribution >= 0.6 is 0 Å². The maximum Gasteiger partial charge on any atom is 0.248 e. The molecule has 0 saturated carbocycles. The molecular weight excluding hydrogens is 214 g/mol. The van der Waals surface area contributed by atoms with Crippen molar-refractivity contribution in [2.24, 2.45) is 5.73 Å². The van der Waals surface area contributed by atoms with Crippen LogP contribution in [0, 0.1) is 0 Å². The fourth-order valence-electron chi connectivity index (χ4n) is 2.18. The van der Waals surface area contributed by atoms with E-state index in [1.54, 1.807) is 6.07 Å². The highest BCUT2D eigenvalue weighted by Crippen LogP contribution is 2.11. The summed E-state index contributed by atoms with van der Waals surface area (Å²) >= 11 is 0. The Morgan fingerprint density at radius 1 is 1.59 bits per heavy atom. The molecule has 1 amide bonds. The van der Waals surface area contributed by atoms with Crippen LogP contribution in [0.3, 0.4) is 0 Å². The summed E-state index contributed by atoms with van der Waals surface area (Å²) in [6.07, 6.45) is 0. The molecule has 4 heteroatoms. The minimum Gasteiger partial charge on any atom is -0.366 e. The molecular formula is C13H19N3O. The molecule has 1 aromatic rings. The van der Waals surface area contributed by atoms with E-state index in [0.29, 0.717) is 11.6 Å². The van der Waals surface area contributed by atoms with Crippen LogP contribution < -0.4 is 11.1 Å². The van der Waals surface area contributed by atoms with Crippen molar-refractivity contribution in [3.05, 3.63) is 35.4 Å². The number of carbonyl (C=O) groups is 1. The first-order valence-electron chi connectivity index (χ1n) is 6.00. The van der Waals surface area contributed by atoms with E-state index in [1.165, 1.54) is 0 Å². The number of nitrogens with zero attached hydrogens (tertiary/aromatic N) is 1. The highest BCUT2D eigenvalue weighted by Gasteiger charge is 2.17. The lowest BCUT2D eigenvalue weighted by atomic mass is 10.1. The van der Waals surface area contributed by atoms with E-state index in [2.05, 4.69) is 17.1 Å². The second-order valence-corrected chi connectivity index (χ2v) is 4.59. The van der Waals surface area contributed by atoms with E-state index in [-0.39, 0.29) is 5.91 Å². The van der Waals surface area contributed by atoms with Crippen molar-refractivity contribution in [3.8, 4) is 0 Å². The molecule has 1 heterocycles. The summed E-state index contributed by atoms with van der Waals surface area (Å²) in [4.78, 5) is 13.5. The Balaban J connectivity index is 2.07. The number of carbonyl (C=O) groups excluding carboxylic acids is 1. The Bertz CT molecular complexity index is 405. The second kappa shape index (κ2) is 5.29. The van der Waals surface area contributed by atoms with Crippen LogP contribution in [0.5, 0.6) is 0 Å². The van der Waals surface area contributed by atoms with Crippen molar-refractivity contribution in [2.45, 2.75) is 19.5 Å². The molecule has 92 valence electrons. The van der Waals surface area contributed by atoms with Crippen LogP contribution in [0.1, 0.15) is 22.8 Å². The molecule has 4 nitrogen and oxygen atoms in total. The van der Waals surface area contributed by atoms with Crippen molar-refractivity contribution >= 4 is 5.91 Å². The summed E-state index contributed by atoms with van der Waals surface area (Å²) in [6.45, 7) is 6.19. The van der Waals surface area contributed by atoms with Crippen molar-refractivity contribution in [1.29, 1.82) is 0 Å². The van der Waals surface area contributed by atoms with Crippen LogP contribution in [0.2, 0.25) is 0 Å². The summed E-state index contributed by atoms with van der Waals surface area (Å²) in [5.74, 6) is -0.361. The SMILES string of the molecule is C[C@H]1CNCCN1Cc1cccc(C(N)=O)c1. The molecule has 1 saturated heterocycles. The monoisotopic (exact) mass is 233 g/mol. The first-order valence-corrected chi connectivity index (χ1v) is 6.00. The predicted molar refractivity (Wildman–Crippen MR) is 67.7 cm³/mol. The van der Waals surface area contributed by atoms with Gasteiger partial charge < -0.3 is 11.1 Å². The molecule has 0 radical (unpaired) electrons. The molecule has 0 unspecified atom stereocenters. The lowest BCUT2D eigenvalue weighted by Gasteiger charge is -2.33. The lowest BCUT2D eigenvalue weighted by Crippen LogP contribution is -2.49. The number of rotatable bonds is 3. The molecule has 3 N–H and O–H groups in total. The number of hydrogen-bond donors (Lipinski definition) is 2. The van der Waals surface area contributed by atoms with Crippen molar-refractivity contribution in [3.63, 3.8) is 0 Å². The number of amides is 1. The number of nitrogens with two attached hydrogens (primary N) is 1. The average molecular weight is 233 g/mol. The summed E-state index contributed by atoms with van der Waals surface area (Å²) in [7, 11) is 0. The van der Waals surface area contributed by atoms with Crippen LogP contribution in [-0.4, -0.2) is 36.5 Å². The fraction of sp³-hybridized carbons (Fsp3) is 0.462. The maximum atomic E-state index is 11.1. The molecule has 1 atom stereocenters. The van der Waals surface area contributed by atoms with Gasteiger partial charge >= 0.3 is 0 Å². The number of nitrogens with one attached hydrogen (secondary N) is 1. The molecule has 1 aliphatic heterocycles. The Morgan fingerprint density at radius 2 is 2.41 bits per heavy atom. The highest BCUT2D eigenvalue weighted by atomic mass is 16.1. The van der Waals surface area contributed by atoms with Gasteiger partial charge in [0.25, 0.3) is 0 Å². The molecule has 0 aromatic heterocycles. The number of piperazine rings is 1. The van der Waals surface area contributed by atoms with Gasteiger partial charge in [0.15, 0.2) is 0 Å². The molecule has 1 aromatic carbocycles. The predicted octanol–water partition coefficient (Wildman–Crippen LogP) is 0.579. The van der Waals surface area contributed by atoms with Gasteiger partial charge in [-0.15, -0.1) is 0 Å². The van der Waals surface area contributed by atoms with E-state index in [1.807, 2.05) is 18.2 Å². The molecule has 0 aliphatic carbocycles. The largest absolute Gasteiger partial charge is 0.366 e. The van der Waals surface area contributed by atoms with Gasteiger partial charge in [0.2, 0.25) is 5.91 Å². The van der Waals surface area contributed by atoms with Crippen LogP contribution in [-0.2, 0) is 6.54 Å². The number of primary amides is 1. The second-order valence-electron chi connectivity index (χ2n) is 4.59. The third-order valence-electron chi connectivity index (χ3n) is 3.24. The van der Waals surface area contributed by atoms with Gasteiger partial charge in [-0.1, -0.05) is 12.1 Å². The molecule has 2 rings (SSSR count). The van der Waals surface area contributed by atoms with E-state index in [9.17, 15) is 4.79 Å². The topological polar surface area (TPSA) is 58.4 Å². The van der Waals surface area contributed by atoms with E-state index in [4.69, 9.17) is 5.73 Å². The Kier molecular flexibility index (Phi) is 3.76. The molecule has 1 fully saturated rings. The maximum absolute atomic E-state index is 11.1. The first kappa shape index (κ1) is 12.1. The van der Waals surface area contributed by atoms with E-state index < -0.39 is 0 Å². The summed E-state index contributed by atoms with van der Waals surface area (Å²) < 4.78 is 0. The normalized spacial score (nSPS) is 21.4. The van der Waals surface area contributed by atoms with Crippen molar-refractivity contribution in [2.75, 3.05) is 19.6 Å². The Morgan fingerprint density at radius 3 is 3.12 bits per heavy atom. The van der Waals surface area contributed by atoms with Gasteiger partial charge in [-0.2, -0.15) is 0 Å². The molecule has 17 heavy (non-hydrogen) atoms. The van der Waals surface area contributed by atoms with Gasteiger partial charge in [-0.3, -0.25) is 9.69 Å². The zero-order valence-corrected chi connectivity index (χ0v) is 10.1. The standard InChI is InChI=1S/C13H19N3O/c1-10-8-15-5-6-16(10)9-11-3-2-4-12(7-11)13(14)17/h2-4,7,10,15H,5-6,8-9H2,1H3,(H2,14,17)/t10-/m0/s1. The van der Waals surface area contributed by atoms with E-state index in [0.717, 1.165) is 31.7 Å². The number of hydrogen-bond acceptors (Lipinski definition) is 3. The summed E-state index contributed by atoms with van der Waals surface area (Å²) in [5, 5.41) is 3.36. The summed E-state index contributed by atoms with van der Waals surface area (Å²) in [5.41, 5.74) is 7.02. The lowest BCUT2D eigenvalue weighted by molar-refractivity contribution is 0.1000. The highest BCUT2D eigenvalue weighted by molar-refractivity contribution is 5.92. The molecule has 0 spiro atoms. The minimum absolute atomic E-state index is 0.361. The van der Waals surface area contributed by atoms with Gasteiger partial charge in [0.1, 0.15) is 0 Å². The van der Waals surface area contributed by atoms with Gasteiger partial charge in [-0.05, 0) is 24.6 Å². The van der Waals surface area contributed by atoms with Crippen LogP contribution in [0.4, 0.5) is 0 Å². The first-order chi connectivity index (χ1) is 8.16. The Labute approximate surface area is 102 Å². The van der Waals surface area contributed by atoms with Crippen molar-refractivity contribution in [1.82, 2.24) is 10.2 Å². The van der Waals surface area contributed by atoms with Crippen LogP contribution in [0.15, 0.2) is 24.3 Å². The van der Waals surface area contributed by atoms with Gasteiger partial charge in [0, 0.05) is 37.8 Å². The molecule has 0 bridgehead atoms. The minimum atomic E-state index is -0.361. The smallest absolute Gasteiger partial charge is 0.248 e. The Hall–Kier alpha value is -1.39. The van der Waals surface area contributed by atoms with Crippen LogP contribution in [0.25, 0.3) is 0 Å². The number of benzene rings is 1. The van der Waals surface area contributed by atoms with Gasteiger partial charge in [0.05, 0.1) is 0 Å². The quantitative estimate of drug-likeness (QED) is 0.803. The zero-order chi connectivity index (χ0) is 12.3. The third kappa shape index (κ3) is 3.05. The fourth-order valence-corrected chi connectivity index (χ4v) is 2.18. The molecule has 1 aliphatic rings.